The first-order valence-electron chi connectivity index (χ1n) is 7.72. The third-order valence-corrected chi connectivity index (χ3v) is 3.85. The Labute approximate surface area is 139 Å². The molecule has 24 heavy (non-hydrogen) atoms. The zero-order chi connectivity index (χ0) is 16.9. The zero-order valence-electron chi connectivity index (χ0n) is 13.3. The first kappa shape index (κ1) is 16.1. The Hall–Kier alpha value is -2.76. The Morgan fingerprint density at radius 1 is 1.33 bits per heavy atom. The fourth-order valence-electron chi connectivity index (χ4n) is 2.66. The van der Waals surface area contributed by atoms with Crippen LogP contribution < -0.4 is 20.1 Å². The summed E-state index contributed by atoms with van der Waals surface area (Å²) in [6.07, 6.45) is 0.667. The van der Waals surface area contributed by atoms with Gasteiger partial charge in [0.25, 0.3) is 0 Å². The standard InChI is InChI=1S/C18H19FN2O3/c1-23-16-5-6-17-13(9-16)8-15(11-24-17)21-18(22)20-10-12-3-2-4-14(19)7-12/h2-7,9,15H,8,10-11H2,1H3,(H2,20,21,22)/t15-/m0/s1. The predicted octanol–water partition coefficient (Wildman–Crippen LogP) is 2.64. The van der Waals surface area contributed by atoms with Crippen LogP contribution in [0, 0.1) is 5.82 Å². The van der Waals surface area contributed by atoms with E-state index in [4.69, 9.17) is 9.47 Å². The normalized spacial score (nSPS) is 15.8. The molecule has 1 atom stereocenters. The minimum absolute atomic E-state index is 0.128. The van der Waals surface area contributed by atoms with Crippen LogP contribution in [0.2, 0.25) is 0 Å². The number of rotatable bonds is 4. The van der Waals surface area contributed by atoms with E-state index >= 15 is 0 Å². The summed E-state index contributed by atoms with van der Waals surface area (Å²) in [6.45, 7) is 0.675. The number of hydrogen-bond donors (Lipinski definition) is 2. The lowest BCUT2D eigenvalue weighted by molar-refractivity contribution is 0.214. The van der Waals surface area contributed by atoms with Gasteiger partial charge in [0, 0.05) is 6.54 Å². The van der Waals surface area contributed by atoms with Gasteiger partial charge in [0.15, 0.2) is 0 Å². The Bertz CT molecular complexity index is 736. The molecule has 1 aliphatic rings. The second-order valence-corrected chi connectivity index (χ2v) is 5.64. The van der Waals surface area contributed by atoms with Gasteiger partial charge in [-0.25, -0.2) is 9.18 Å². The number of halogens is 1. The van der Waals surface area contributed by atoms with Crippen molar-refractivity contribution < 1.29 is 18.7 Å². The van der Waals surface area contributed by atoms with Crippen LogP contribution in [0.4, 0.5) is 9.18 Å². The first-order valence-corrected chi connectivity index (χ1v) is 7.72. The van der Waals surface area contributed by atoms with Gasteiger partial charge in [0.2, 0.25) is 0 Å². The van der Waals surface area contributed by atoms with Crippen molar-refractivity contribution in [2.75, 3.05) is 13.7 Å². The van der Waals surface area contributed by atoms with Gasteiger partial charge in [-0.05, 0) is 47.9 Å². The molecule has 0 aliphatic carbocycles. The highest BCUT2D eigenvalue weighted by atomic mass is 19.1. The zero-order valence-corrected chi connectivity index (χ0v) is 13.3. The molecule has 2 N–H and O–H groups in total. The minimum atomic E-state index is -0.319. The number of urea groups is 1. The van der Waals surface area contributed by atoms with Gasteiger partial charge in [0.1, 0.15) is 23.9 Å². The van der Waals surface area contributed by atoms with Crippen molar-refractivity contribution in [2.45, 2.75) is 19.0 Å². The molecule has 2 aromatic carbocycles. The number of amides is 2. The van der Waals surface area contributed by atoms with Gasteiger partial charge in [-0.1, -0.05) is 12.1 Å². The molecule has 0 saturated carbocycles. The van der Waals surface area contributed by atoms with Gasteiger partial charge < -0.3 is 20.1 Å². The molecule has 0 radical (unpaired) electrons. The smallest absolute Gasteiger partial charge is 0.315 e. The van der Waals surface area contributed by atoms with Gasteiger partial charge in [-0.2, -0.15) is 0 Å². The highest BCUT2D eigenvalue weighted by molar-refractivity contribution is 5.74. The monoisotopic (exact) mass is 330 g/mol. The second-order valence-electron chi connectivity index (χ2n) is 5.64. The summed E-state index contributed by atoms with van der Waals surface area (Å²) in [4.78, 5) is 12.0. The molecule has 1 aliphatic heterocycles. The highest BCUT2D eigenvalue weighted by Crippen LogP contribution is 2.28. The van der Waals surface area contributed by atoms with Crippen LogP contribution in [-0.4, -0.2) is 25.8 Å². The molecule has 0 bridgehead atoms. The summed E-state index contributed by atoms with van der Waals surface area (Å²) in [5, 5.41) is 5.60. The topological polar surface area (TPSA) is 59.6 Å². The average Bonchev–Trinajstić information content (AvgIpc) is 2.59. The maximum Gasteiger partial charge on any atom is 0.315 e. The van der Waals surface area contributed by atoms with Crippen LogP contribution in [-0.2, 0) is 13.0 Å². The molecule has 0 fully saturated rings. The van der Waals surface area contributed by atoms with E-state index in [2.05, 4.69) is 10.6 Å². The fraction of sp³-hybridized carbons (Fsp3) is 0.278. The summed E-state index contributed by atoms with van der Waals surface area (Å²) in [6, 6.07) is 11.3. The van der Waals surface area contributed by atoms with E-state index in [0.717, 1.165) is 17.1 Å². The lowest BCUT2D eigenvalue weighted by Gasteiger charge is -2.26. The van der Waals surface area contributed by atoms with E-state index in [9.17, 15) is 9.18 Å². The molecular weight excluding hydrogens is 311 g/mol. The predicted molar refractivity (Wildman–Crippen MR) is 87.8 cm³/mol. The molecule has 0 unspecified atom stereocenters. The SMILES string of the molecule is COc1ccc2c(c1)C[C@H](NC(=O)NCc1cccc(F)c1)CO2. The number of fused-ring (bicyclic) bond motifs is 1. The number of hydrogen-bond acceptors (Lipinski definition) is 3. The maximum atomic E-state index is 13.1. The van der Waals surface area contributed by atoms with Crippen molar-refractivity contribution >= 4 is 6.03 Å². The van der Waals surface area contributed by atoms with Crippen molar-refractivity contribution in [3.63, 3.8) is 0 Å². The van der Waals surface area contributed by atoms with Gasteiger partial charge >= 0.3 is 6.03 Å². The number of benzene rings is 2. The third-order valence-electron chi connectivity index (χ3n) is 3.85. The number of carbonyl (C=O) groups is 1. The van der Waals surface area contributed by atoms with Crippen LogP contribution in [0.25, 0.3) is 0 Å². The molecule has 1 heterocycles. The lowest BCUT2D eigenvalue weighted by atomic mass is 10.0. The van der Waals surface area contributed by atoms with Gasteiger partial charge in [-0.3, -0.25) is 0 Å². The Morgan fingerprint density at radius 3 is 3.00 bits per heavy atom. The molecule has 0 aromatic heterocycles. The number of methoxy groups -OCH3 is 1. The quantitative estimate of drug-likeness (QED) is 0.906. The molecule has 2 aromatic rings. The first-order chi connectivity index (χ1) is 11.6. The van der Waals surface area contributed by atoms with Crippen molar-refractivity contribution in [3.8, 4) is 11.5 Å². The number of nitrogens with one attached hydrogen (secondary N) is 2. The molecule has 0 saturated heterocycles. The van der Waals surface area contributed by atoms with Crippen molar-refractivity contribution in [2.24, 2.45) is 0 Å². The Balaban J connectivity index is 1.53. The fourth-order valence-corrected chi connectivity index (χ4v) is 2.66. The largest absolute Gasteiger partial charge is 0.497 e. The molecule has 5 nitrogen and oxygen atoms in total. The van der Waals surface area contributed by atoms with E-state index < -0.39 is 0 Å². The van der Waals surface area contributed by atoms with Crippen LogP contribution in [0.3, 0.4) is 0 Å². The van der Waals surface area contributed by atoms with Crippen molar-refractivity contribution in [1.29, 1.82) is 0 Å². The molecule has 126 valence electrons. The van der Waals surface area contributed by atoms with E-state index in [0.29, 0.717) is 18.6 Å². The van der Waals surface area contributed by atoms with E-state index in [1.54, 1.807) is 19.2 Å². The van der Waals surface area contributed by atoms with Gasteiger partial charge in [0.05, 0.1) is 13.2 Å². The van der Waals surface area contributed by atoms with Crippen LogP contribution in [0.5, 0.6) is 11.5 Å². The summed E-state index contributed by atoms with van der Waals surface area (Å²) in [5.41, 5.74) is 1.70. The van der Waals surface area contributed by atoms with Crippen molar-refractivity contribution in [3.05, 3.63) is 59.4 Å². The molecule has 2 amide bonds. The third kappa shape index (κ3) is 3.95. The minimum Gasteiger partial charge on any atom is -0.497 e. The summed E-state index contributed by atoms with van der Waals surface area (Å²) in [7, 11) is 1.61. The molecule has 3 rings (SSSR count). The van der Waals surface area contributed by atoms with Crippen LogP contribution >= 0.6 is 0 Å². The Morgan fingerprint density at radius 2 is 2.21 bits per heavy atom. The van der Waals surface area contributed by atoms with Gasteiger partial charge in [-0.15, -0.1) is 0 Å². The van der Waals surface area contributed by atoms with Crippen LogP contribution in [0.15, 0.2) is 42.5 Å². The summed E-state index contributed by atoms with van der Waals surface area (Å²) < 4.78 is 24.0. The van der Waals surface area contributed by atoms with Crippen molar-refractivity contribution in [1.82, 2.24) is 10.6 Å². The Kier molecular flexibility index (Phi) is 4.84. The average molecular weight is 330 g/mol. The maximum absolute atomic E-state index is 13.1. The van der Waals surface area contributed by atoms with Crippen LogP contribution in [0.1, 0.15) is 11.1 Å². The summed E-state index contributed by atoms with van der Waals surface area (Å²) in [5.74, 6) is 1.25. The molecule has 0 spiro atoms. The van der Waals surface area contributed by atoms with E-state index in [-0.39, 0.29) is 24.4 Å². The number of ether oxygens (including phenoxy) is 2. The highest BCUT2D eigenvalue weighted by Gasteiger charge is 2.21. The van der Waals surface area contributed by atoms with E-state index in [1.807, 2.05) is 18.2 Å². The number of carbonyl (C=O) groups excluding carboxylic acids is 1. The second kappa shape index (κ2) is 7.21. The molecular formula is C18H19FN2O3. The van der Waals surface area contributed by atoms with E-state index in [1.165, 1.54) is 12.1 Å². The summed E-state index contributed by atoms with van der Waals surface area (Å²) >= 11 is 0. The molecule has 6 heteroatoms. The lowest BCUT2D eigenvalue weighted by Crippen LogP contribution is -2.47.